The Morgan fingerprint density at radius 2 is 2.04 bits per heavy atom. The first-order valence-corrected chi connectivity index (χ1v) is 9.83. The summed E-state index contributed by atoms with van der Waals surface area (Å²) in [6.45, 7) is 4.39. The molecule has 2 aliphatic heterocycles. The molecule has 2 saturated heterocycles. The molecule has 3 rings (SSSR count). The number of ether oxygens (including phenoxy) is 3. The van der Waals surface area contributed by atoms with E-state index in [0.29, 0.717) is 18.0 Å². The number of aliphatic hydroxyl groups is 1. The number of likely N-dealkylation sites (tertiary alicyclic amines) is 1. The van der Waals surface area contributed by atoms with Crippen LogP contribution in [0, 0.1) is 0 Å². The van der Waals surface area contributed by atoms with Crippen molar-refractivity contribution in [1.82, 2.24) is 9.80 Å². The van der Waals surface area contributed by atoms with Crippen LogP contribution in [-0.4, -0.2) is 86.6 Å². The lowest BCUT2D eigenvalue weighted by Gasteiger charge is -2.22. The highest BCUT2D eigenvalue weighted by molar-refractivity contribution is 5.43. The van der Waals surface area contributed by atoms with Gasteiger partial charge in [-0.15, -0.1) is 0 Å². The first-order valence-electron chi connectivity index (χ1n) is 9.83. The highest BCUT2D eigenvalue weighted by Gasteiger charge is 2.38. The van der Waals surface area contributed by atoms with Crippen LogP contribution in [0.25, 0.3) is 0 Å². The minimum absolute atomic E-state index is 0.0272. The molecule has 0 aliphatic carbocycles. The summed E-state index contributed by atoms with van der Waals surface area (Å²) in [6.07, 6.45) is 0.0178. The van der Waals surface area contributed by atoms with Gasteiger partial charge in [0.05, 0.1) is 20.3 Å². The molecule has 0 saturated carbocycles. The molecule has 2 heterocycles. The van der Waals surface area contributed by atoms with Crippen molar-refractivity contribution in [3.8, 4) is 11.5 Å². The Kier molecular flexibility index (Phi) is 7.45. The Morgan fingerprint density at radius 1 is 1.18 bits per heavy atom. The van der Waals surface area contributed by atoms with E-state index in [4.69, 9.17) is 14.2 Å². The number of hydrogen-bond acceptors (Lipinski definition) is 6. The highest BCUT2D eigenvalue weighted by atomic mass is 19.3. The zero-order valence-corrected chi connectivity index (χ0v) is 16.4. The van der Waals surface area contributed by atoms with Crippen LogP contribution >= 0.6 is 0 Å². The monoisotopic (exact) mass is 400 g/mol. The molecule has 0 aromatic heterocycles. The molecule has 0 spiro atoms. The van der Waals surface area contributed by atoms with Gasteiger partial charge >= 0.3 is 0 Å². The molecule has 28 heavy (non-hydrogen) atoms. The maximum absolute atomic E-state index is 13.3. The summed E-state index contributed by atoms with van der Waals surface area (Å²) in [7, 11) is 1.57. The summed E-state index contributed by atoms with van der Waals surface area (Å²) < 4.78 is 43.2. The van der Waals surface area contributed by atoms with Crippen LogP contribution in [0.2, 0.25) is 0 Å². The lowest BCUT2D eigenvalue weighted by Crippen LogP contribution is -2.35. The minimum Gasteiger partial charge on any atom is -0.493 e. The van der Waals surface area contributed by atoms with Crippen molar-refractivity contribution < 1.29 is 28.1 Å². The van der Waals surface area contributed by atoms with Crippen molar-refractivity contribution in [2.75, 3.05) is 59.7 Å². The summed E-state index contributed by atoms with van der Waals surface area (Å²) in [5, 5.41) is 10.2. The quantitative estimate of drug-likeness (QED) is 0.721. The molecule has 8 heteroatoms. The van der Waals surface area contributed by atoms with Gasteiger partial charge in [0.1, 0.15) is 12.7 Å². The Bertz CT molecular complexity index is 624. The van der Waals surface area contributed by atoms with Gasteiger partial charge in [-0.3, -0.25) is 9.80 Å². The third-order valence-corrected chi connectivity index (χ3v) is 5.10. The maximum Gasteiger partial charge on any atom is 0.261 e. The van der Waals surface area contributed by atoms with Crippen LogP contribution < -0.4 is 9.47 Å². The normalized spacial score (nSPS) is 22.0. The summed E-state index contributed by atoms with van der Waals surface area (Å²) in [4.78, 5) is 3.91. The largest absolute Gasteiger partial charge is 0.493 e. The topological polar surface area (TPSA) is 54.4 Å². The van der Waals surface area contributed by atoms with Gasteiger partial charge in [0, 0.05) is 45.8 Å². The first kappa shape index (κ1) is 21.2. The molecule has 0 amide bonds. The van der Waals surface area contributed by atoms with E-state index in [1.54, 1.807) is 12.0 Å². The number of halogens is 2. The molecule has 0 bridgehead atoms. The van der Waals surface area contributed by atoms with Crippen LogP contribution in [0.5, 0.6) is 11.5 Å². The van der Waals surface area contributed by atoms with E-state index in [0.717, 1.165) is 44.8 Å². The minimum atomic E-state index is -2.66. The second-order valence-electron chi connectivity index (χ2n) is 7.53. The number of β-amino-alcohol motifs (C(OH)–C–C–N with tert-alkyl or cyclic N) is 1. The number of alkyl halides is 2. The molecular formula is C20H30F2N2O4. The number of nitrogens with zero attached hydrogens (tertiary/aromatic N) is 2. The van der Waals surface area contributed by atoms with Crippen molar-refractivity contribution >= 4 is 0 Å². The van der Waals surface area contributed by atoms with Crippen molar-refractivity contribution in [3.63, 3.8) is 0 Å². The summed E-state index contributed by atoms with van der Waals surface area (Å²) >= 11 is 0. The number of aliphatic hydroxyl groups excluding tert-OH is 1. The van der Waals surface area contributed by atoms with Gasteiger partial charge in [-0.05, 0) is 24.1 Å². The molecule has 1 atom stereocenters. The standard InChI is InChI=1S/C20H30F2N2O4/c1-26-18-4-3-16(12-23-6-2-9-27-10-8-23)11-19(18)28-14-17(25)13-24-7-5-20(21,22)15-24/h3-4,11,17,25H,2,5-10,12-15H2,1H3. The predicted octanol–water partition coefficient (Wildman–Crippen LogP) is 2.00. The molecule has 1 aromatic rings. The Morgan fingerprint density at radius 3 is 2.79 bits per heavy atom. The van der Waals surface area contributed by atoms with E-state index < -0.39 is 12.0 Å². The number of methoxy groups -OCH3 is 1. The lowest BCUT2D eigenvalue weighted by molar-refractivity contribution is 0.00454. The zero-order chi connectivity index (χ0) is 20.0. The molecule has 0 radical (unpaired) electrons. The van der Waals surface area contributed by atoms with Crippen LogP contribution in [0.3, 0.4) is 0 Å². The Hall–Kier alpha value is -1.48. The van der Waals surface area contributed by atoms with E-state index in [-0.39, 0.29) is 26.1 Å². The molecule has 6 nitrogen and oxygen atoms in total. The van der Waals surface area contributed by atoms with Gasteiger partial charge in [-0.1, -0.05) is 6.07 Å². The molecule has 2 fully saturated rings. The summed E-state index contributed by atoms with van der Waals surface area (Å²) in [5.41, 5.74) is 1.09. The molecule has 2 aliphatic rings. The number of hydrogen-bond donors (Lipinski definition) is 1. The third-order valence-electron chi connectivity index (χ3n) is 5.10. The zero-order valence-electron chi connectivity index (χ0n) is 16.4. The second kappa shape index (κ2) is 9.82. The Labute approximate surface area is 165 Å². The van der Waals surface area contributed by atoms with Crippen molar-refractivity contribution in [2.45, 2.75) is 31.4 Å². The predicted molar refractivity (Wildman–Crippen MR) is 101 cm³/mol. The maximum atomic E-state index is 13.3. The molecular weight excluding hydrogens is 370 g/mol. The van der Waals surface area contributed by atoms with Crippen molar-refractivity contribution in [2.24, 2.45) is 0 Å². The third kappa shape index (κ3) is 6.27. The fourth-order valence-corrected chi connectivity index (χ4v) is 3.65. The van der Waals surface area contributed by atoms with E-state index in [2.05, 4.69) is 4.90 Å². The average molecular weight is 400 g/mol. The van der Waals surface area contributed by atoms with E-state index in [1.165, 1.54) is 0 Å². The van der Waals surface area contributed by atoms with Crippen molar-refractivity contribution in [1.29, 1.82) is 0 Å². The summed E-state index contributed by atoms with van der Waals surface area (Å²) in [5.74, 6) is -1.52. The molecule has 1 aromatic carbocycles. The van der Waals surface area contributed by atoms with E-state index >= 15 is 0 Å². The SMILES string of the molecule is COc1ccc(CN2CCCOCC2)cc1OCC(O)CN1CCC(F)(F)C1. The fourth-order valence-electron chi connectivity index (χ4n) is 3.65. The highest BCUT2D eigenvalue weighted by Crippen LogP contribution is 2.29. The number of rotatable bonds is 8. The van der Waals surface area contributed by atoms with Crippen LogP contribution in [0.15, 0.2) is 18.2 Å². The van der Waals surface area contributed by atoms with Crippen molar-refractivity contribution in [3.05, 3.63) is 23.8 Å². The molecule has 1 unspecified atom stereocenters. The lowest BCUT2D eigenvalue weighted by atomic mass is 10.2. The second-order valence-corrected chi connectivity index (χ2v) is 7.53. The van der Waals surface area contributed by atoms with Gasteiger partial charge in [0.2, 0.25) is 0 Å². The average Bonchev–Trinajstić information content (AvgIpc) is 2.85. The molecule has 1 N–H and O–H groups in total. The molecule has 158 valence electrons. The van der Waals surface area contributed by atoms with E-state index in [1.807, 2.05) is 18.2 Å². The van der Waals surface area contributed by atoms with E-state index in [9.17, 15) is 13.9 Å². The van der Waals surface area contributed by atoms with Gasteiger partial charge in [0.15, 0.2) is 11.5 Å². The Balaban J connectivity index is 1.54. The van der Waals surface area contributed by atoms with Crippen LogP contribution in [0.1, 0.15) is 18.4 Å². The van der Waals surface area contributed by atoms with Gasteiger partial charge < -0.3 is 19.3 Å². The first-order chi connectivity index (χ1) is 13.4. The van der Waals surface area contributed by atoms with Gasteiger partial charge in [-0.25, -0.2) is 8.78 Å². The van der Waals surface area contributed by atoms with Gasteiger partial charge in [-0.2, -0.15) is 0 Å². The van der Waals surface area contributed by atoms with Crippen LogP contribution in [0.4, 0.5) is 8.78 Å². The fraction of sp³-hybridized carbons (Fsp3) is 0.700. The number of benzene rings is 1. The smallest absolute Gasteiger partial charge is 0.261 e. The summed E-state index contributed by atoms with van der Waals surface area (Å²) in [6, 6.07) is 5.77. The van der Waals surface area contributed by atoms with Crippen LogP contribution in [-0.2, 0) is 11.3 Å². The van der Waals surface area contributed by atoms with Gasteiger partial charge in [0.25, 0.3) is 5.92 Å².